The van der Waals surface area contributed by atoms with Crippen LogP contribution in [0.25, 0.3) is 10.9 Å². The average molecular weight is 172 g/mol. The molecule has 0 fully saturated rings. The number of para-hydroxylation sites is 1. The van der Waals surface area contributed by atoms with Crippen molar-refractivity contribution in [3.05, 3.63) is 36.5 Å². The second kappa shape index (κ2) is 3.65. The molecule has 2 rings (SSSR count). The summed E-state index contributed by atoms with van der Waals surface area (Å²) < 4.78 is 2.21. The number of aromatic nitrogens is 1. The fraction of sp³-hybridized carbons (Fsp3) is 0.333. The Labute approximate surface area is 79.0 Å². The average Bonchev–Trinajstić information content (AvgIpc) is 2.58. The lowest BCUT2D eigenvalue weighted by molar-refractivity contribution is 0.647. The van der Waals surface area contributed by atoms with Crippen LogP contribution in [0.1, 0.15) is 19.8 Å². The van der Waals surface area contributed by atoms with Crippen molar-refractivity contribution in [2.24, 2.45) is 0 Å². The minimum absolute atomic E-state index is 1.09. The topological polar surface area (TPSA) is 4.93 Å². The minimum Gasteiger partial charge on any atom is -0.339 e. The van der Waals surface area contributed by atoms with E-state index in [1.807, 2.05) is 0 Å². The SMILES string of the molecule is CCCCn1[c]cc2ccccc21. The van der Waals surface area contributed by atoms with E-state index < -0.39 is 0 Å². The zero-order valence-corrected chi connectivity index (χ0v) is 7.96. The fourth-order valence-electron chi connectivity index (χ4n) is 1.57. The summed E-state index contributed by atoms with van der Waals surface area (Å²) in [6, 6.07) is 10.5. The van der Waals surface area contributed by atoms with E-state index in [1.54, 1.807) is 0 Å². The number of unbranched alkanes of at least 4 members (excludes halogenated alkanes) is 1. The molecule has 1 aromatic heterocycles. The van der Waals surface area contributed by atoms with Crippen LogP contribution in [0.5, 0.6) is 0 Å². The van der Waals surface area contributed by atoms with Crippen molar-refractivity contribution in [2.45, 2.75) is 26.3 Å². The van der Waals surface area contributed by atoms with Crippen molar-refractivity contribution < 1.29 is 0 Å². The van der Waals surface area contributed by atoms with Gasteiger partial charge in [-0.3, -0.25) is 0 Å². The maximum absolute atomic E-state index is 3.27. The molecule has 1 aromatic carbocycles. The predicted molar refractivity (Wildman–Crippen MR) is 55.7 cm³/mol. The molecule has 0 saturated heterocycles. The Balaban J connectivity index is 2.35. The van der Waals surface area contributed by atoms with Gasteiger partial charge in [-0.25, -0.2) is 0 Å². The lowest BCUT2D eigenvalue weighted by Crippen LogP contribution is -1.94. The van der Waals surface area contributed by atoms with Crippen molar-refractivity contribution in [2.75, 3.05) is 0 Å². The molecular formula is C12H14N. The molecule has 1 radical (unpaired) electrons. The van der Waals surface area contributed by atoms with Crippen LogP contribution in [0.2, 0.25) is 0 Å². The maximum atomic E-state index is 3.27. The third-order valence-corrected chi connectivity index (χ3v) is 2.34. The van der Waals surface area contributed by atoms with Crippen LogP contribution in [-0.2, 0) is 6.54 Å². The van der Waals surface area contributed by atoms with E-state index in [0.29, 0.717) is 0 Å². The largest absolute Gasteiger partial charge is 0.339 e. The third kappa shape index (κ3) is 1.59. The minimum atomic E-state index is 1.09. The third-order valence-electron chi connectivity index (χ3n) is 2.34. The van der Waals surface area contributed by atoms with Gasteiger partial charge in [0.15, 0.2) is 0 Å². The monoisotopic (exact) mass is 172 g/mol. The fourth-order valence-corrected chi connectivity index (χ4v) is 1.57. The molecule has 0 aliphatic heterocycles. The van der Waals surface area contributed by atoms with Crippen molar-refractivity contribution in [1.82, 2.24) is 4.57 Å². The zero-order chi connectivity index (χ0) is 9.10. The highest BCUT2D eigenvalue weighted by Gasteiger charge is 1.98. The summed E-state index contributed by atoms with van der Waals surface area (Å²) in [6.07, 6.45) is 5.73. The summed E-state index contributed by atoms with van der Waals surface area (Å²) in [5.41, 5.74) is 1.30. The molecule has 1 nitrogen and oxygen atoms in total. The van der Waals surface area contributed by atoms with Crippen molar-refractivity contribution in [1.29, 1.82) is 0 Å². The number of rotatable bonds is 3. The van der Waals surface area contributed by atoms with Gasteiger partial charge in [-0.1, -0.05) is 31.5 Å². The summed E-state index contributed by atoms with van der Waals surface area (Å²) >= 11 is 0. The Kier molecular flexibility index (Phi) is 2.35. The molecule has 1 heteroatoms. The molecule has 0 atom stereocenters. The van der Waals surface area contributed by atoms with Crippen LogP contribution < -0.4 is 0 Å². The summed E-state index contributed by atoms with van der Waals surface area (Å²) in [5.74, 6) is 0. The van der Waals surface area contributed by atoms with E-state index in [9.17, 15) is 0 Å². The molecule has 2 aromatic rings. The summed E-state index contributed by atoms with van der Waals surface area (Å²) in [5, 5.41) is 1.29. The summed E-state index contributed by atoms with van der Waals surface area (Å²) in [6.45, 7) is 3.30. The van der Waals surface area contributed by atoms with Gasteiger partial charge in [0.25, 0.3) is 0 Å². The normalized spacial score (nSPS) is 10.8. The molecular weight excluding hydrogens is 158 g/mol. The first-order valence-electron chi connectivity index (χ1n) is 4.88. The highest BCUT2D eigenvalue weighted by Crippen LogP contribution is 2.14. The van der Waals surface area contributed by atoms with Gasteiger partial charge in [-0.05, 0) is 18.6 Å². The van der Waals surface area contributed by atoms with E-state index in [0.717, 1.165) is 6.54 Å². The van der Waals surface area contributed by atoms with E-state index in [4.69, 9.17) is 0 Å². The Hall–Kier alpha value is -1.24. The number of hydrogen-bond acceptors (Lipinski definition) is 0. The Morgan fingerprint density at radius 1 is 1.31 bits per heavy atom. The van der Waals surface area contributed by atoms with Gasteiger partial charge < -0.3 is 4.57 Å². The molecule has 0 aliphatic rings. The molecule has 0 aliphatic carbocycles. The first-order valence-corrected chi connectivity index (χ1v) is 4.88. The van der Waals surface area contributed by atoms with Gasteiger partial charge in [0.05, 0.1) is 6.20 Å². The van der Waals surface area contributed by atoms with Crippen molar-refractivity contribution in [3.8, 4) is 0 Å². The van der Waals surface area contributed by atoms with Crippen LogP contribution in [0.15, 0.2) is 30.3 Å². The Bertz CT molecular complexity index is 387. The van der Waals surface area contributed by atoms with E-state index in [1.165, 1.54) is 23.7 Å². The highest BCUT2D eigenvalue weighted by atomic mass is 14.9. The van der Waals surface area contributed by atoms with Gasteiger partial charge >= 0.3 is 0 Å². The quantitative estimate of drug-likeness (QED) is 0.669. The van der Waals surface area contributed by atoms with Crippen LogP contribution in [-0.4, -0.2) is 4.57 Å². The molecule has 0 spiro atoms. The number of fused-ring (bicyclic) bond motifs is 1. The number of benzene rings is 1. The molecule has 0 amide bonds. The Morgan fingerprint density at radius 3 is 3.00 bits per heavy atom. The molecule has 0 saturated carbocycles. The first kappa shape index (κ1) is 8.36. The zero-order valence-electron chi connectivity index (χ0n) is 7.96. The lowest BCUT2D eigenvalue weighted by atomic mass is 10.2. The molecule has 13 heavy (non-hydrogen) atoms. The number of hydrogen-bond donors (Lipinski definition) is 0. The van der Waals surface area contributed by atoms with Crippen LogP contribution in [0, 0.1) is 6.20 Å². The molecule has 67 valence electrons. The van der Waals surface area contributed by atoms with Gasteiger partial charge in [0.2, 0.25) is 0 Å². The van der Waals surface area contributed by atoms with Crippen LogP contribution in [0.4, 0.5) is 0 Å². The highest BCUT2D eigenvalue weighted by molar-refractivity contribution is 5.79. The summed E-state index contributed by atoms with van der Waals surface area (Å²) in [7, 11) is 0. The summed E-state index contributed by atoms with van der Waals surface area (Å²) in [4.78, 5) is 0. The van der Waals surface area contributed by atoms with Gasteiger partial charge in [0, 0.05) is 17.4 Å². The van der Waals surface area contributed by atoms with Crippen LogP contribution >= 0.6 is 0 Å². The first-order chi connectivity index (χ1) is 6.42. The molecule has 0 N–H and O–H groups in total. The van der Waals surface area contributed by atoms with E-state index in [2.05, 4.69) is 48.0 Å². The smallest absolute Gasteiger partial charge is 0.0659 e. The second-order valence-corrected chi connectivity index (χ2v) is 3.34. The van der Waals surface area contributed by atoms with Crippen LogP contribution in [0.3, 0.4) is 0 Å². The van der Waals surface area contributed by atoms with Crippen molar-refractivity contribution >= 4 is 10.9 Å². The van der Waals surface area contributed by atoms with Crippen molar-refractivity contribution in [3.63, 3.8) is 0 Å². The molecule has 1 heterocycles. The maximum Gasteiger partial charge on any atom is 0.0659 e. The van der Waals surface area contributed by atoms with E-state index >= 15 is 0 Å². The lowest BCUT2D eigenvalue weighted by Gasteiger charge is -2.02. The molecule has 0 bridgehead atoms. The second-order valence-electron chi connectivity index (χ2n) is 3.34. The predicted octanol–water partition coefficient (Wildman–Crippen LogP) is 3.24. The van der Waals surface area contributed by atoms with Gasteiger partial charge in [-0.2, -0.15) is 0 Å². The number of aryl methyl sites for hydroxylation is 1. The van der Waals surface area contributed by atoms with Gasteiger partial charge in [-0.15, -0.1) is 0 Å². The Morgan fingerprint density at radius 2 is 2.15 bits per heavy atom. The van der Waals surface area contributed by atoms with Gasteiger partial charge in [0.1, 0.15) is 0 Å². The standard InChI is InChI=1S/C12H14N/c1-2-3-9-13-10-8-11-6-4-5-7-12(11)13/h4-8H,2-3,9H2,1H3. The molecule has 0 unspecified atom stereocenters. The van der Waals surface area contributed by atoms with E-state index in [-0.39, 0.29) is 0 Å². The number of nitrogens with zero attached hydrogens (tertiary/aromatic N) is 1.